The minimum Gasteiger partial charge on any atom is -0.451 e. The smallest absolute Gasteiger partial charge is 0.330 e. The number of rotatable bonds is 9. The van der Waals surface area contributed by atoms with Gasteiger partial charge < -0.3 is 18.8 Å². The van der Waals surface area contributed by atoms with Crippen LogP contribution in [0.2, 0.25) is 0 Å². The van der Waals surface area contributed by atoms with Crippen LogP contribution < -0.4 is 10.7 Å². The van der Waals surface area contributed by atoms with Gasteiger partial charge >= 0.3 is 7.60 Å². The van der Waals surface area contributed by atoms with E-state index in [-0.39, 0.29) is 17.4 Å². The molecule has 0 atom stereocenters. The highest BCUT2D eigenvalue weighted by Crippen LogP contribution is 2.48. The molecule has 0 aliphatic rings. The maximum atomic E-state index is 12.5. The quantitative estimate of drug-likeness (QED) is 0.489. The molecule has 1 N–H and O–H groups in total. The Hall–Kier alpha value is -2.73. The van der Waals surface area contributed by atoms with Gasteiger partial charge in [-0.25, -0.2) is 0 Å². The maximum absolute atomic E-state index is 12.5. The number of anilines is 1. The number of para-hydroxylation sites is 1. The number of benzene rings is 2. The van der Waals surface area contributed by atoms with E-state index in [9.17, 15) is 14.2 Å². The fourth-order valence-corrected chi connectivity index (χ4v) is 4.64. The van der Waals surface area contributed by atoms with E-state index in [1.54, 1.807) is 50.2 Å². The first kappa shape index (κ1) is 22.0. The monoisotopic (exact) mass is 429 g/mol. The summed E-state index contributed by atoms with van der Waals surface area (Å²) in [7, 11) is -3.10. The lowest BCUT2D eigenvalue weighted by Gasteiger charge is -2.16. The lowest BCUT2D eigenvalue weighted by atomic mass is 10.1. The molecule has 1 amide bonds. The lowest BCUT2D eigenvalue weighted by molar-refractivity contribution is 0.0997. The maximum Gasteiger partial charge on any atom is 0.330 e. The first-order chi connectivity index (χ1) is 14.4. The molecular formula is C22H24NO6P. The topological polar surface area (TPSA) is 94.8 Å². The van der Waals surface area contributed by atoms with Crippen LogP contribution in [0.3, 0.4) is 0 Å². The van der Waals surface area contributed by atoms with Gasteiger partial charge in [-0.3, -0.25) is 14.2 Å². The second-order valence-corrected chi connectivity index (χ2v) is 8.73. The summed E-state index contributed by atoms with van der Waals surface area (Å²) in [5.74, 6) is -0.570. The zero-order valence-corrected chi connectivity index (χ0v) is 17.8. The Morgan fingerprint density at radius 1 is 1.03 bits per heavy atom. The van der Waals surface area contributed by atoms with E-state index in [4.69, 9.17) is 13.5 Å². The van der Waals surface area contributed by atoms with Crippen LogP contribution in [0.15, 0.2) is 63.8 Å². The molecular weight excluding hydrogens is 405 g/mol. The lowest BCUT2D eigenvalue weighted by Crippen LogP contribution is -2.15. The Morgan fingerprint density at radius 2 is 1.70 bits per heavy atom. The third-order valence-corrected chi connectivity index (χ3v) is 6.47. The standard InChI is InChI=1S/C22H24NO6P/c1-3-27-30(26,28-4-2)14-13-16-9-11-17(12-10-16)23-22(25)21-15-19(24)18-7-5-6-8-20(18)29-21/h5-12,15H,3-4,13-14H2,1-2H3,(H,23,25). The normalized spacial score (nSPS) is 11.5. The van der Waals surface area contributed by atoms with Crippen LogP contribution in [-0.4, -0.2) is 25.3 Å². The van der Waals surface area contributed by atoms with Crippen LogP contribution in [0, 0.1) is 0 Å². The fraction of sp³-hybridized carbons (Fsp3) is 0.273. The third kappa shape index (κ3) is 5.45. The van der Waals surface area contributed by atoms with Crippen molar-refractivity contribution in [2.45, 2.75) is 20.3 Å². The van der Waals surface area contributed by atoms with Crippen molar-refractivity contribution in [1.82, 2.24) is 0 Å². The zero-order valence-electron chi connectivity index (χ0n) is 16.9. The van der Waals surface area contributed by atoms with Crippen molar-refractivity contribution in [2.75, 3.05) is 24.7 Å². The average Bonchev–Trinajstić information content (AvgIpc) is 2.73. The van der Waals surface area contributed by atoms with Crippen molar-refractivity contribution in [1.29, 1.82) is 0 Å². The summed E-state index contributed by atoms with van der Waals surface area (Å²) < 4.78 is 28.7. The highest BCUT2D eigenvalue weighted by Gasteiger charge is 2.23. The molecule has 0 unspecified atom stereocenters. The predicted octanol–water partition coefficient (Wildman–Crippen LogP) is 4.85. The molecule has 158 valence electrons. The van der Waals surface area contributed by atoms with Crippen LogP contribution in [0.25, 0.3) is 11.0 Å². The van der Waals surface area contributed by atoms with Crippen molar-refractivity contribution in [3.63, 3.8) is 0 Å². The minimum absolute atomic E-state index is 0.0582. The highest BCUT2D eigenvalue weighted by atomic mass is 31.2. The minimum atomic E-state index is -3.10. The van der Waals surface area contributed by atoms with Crippen molar-refractivity contribution in [3.8, 4) is 0 Å². The van der Waals surface area contributed by atoms with Gasteiger partial charge in [0.25, 0.3) is 5.91 Å². The first-order valence-electron chi connectivity index (χ1n) is 9.75. The van der Waals surface area contributed by atoms with Crippen molar-refractivity contribution >= 4 is 30.2 Å². The Labute approximate surface area is 174 Å². The van der Waals surface area contributed by atoms with E-state index in [0.29, 0.717) is 36.3 Å². The van der Waals surface area contributed by atoms with Gasteiger partial charge in [0, 0.05) is 11.8 Å². The molecule has 2 aromatic carbocycles. The summed E-state index contributed by atoms with van der Waals surface area (Å²) in [6, 6.07) is 15.1. The molecule has 3 rings (SSSR count). The van der Waals surface area contributed by atoms with Gasteiger partial charge in [0.05, 0.1) is 24.8 Å². The number of nitrogens with one attached hydrogen (secondary N) is 1. The predicted molar refractivity (Wildman–Crippen MR) is 116 cm³/mol. The summed E-state index contributed by atoms with van der Waals surface area (Å²) in [5, 5.41) is 3.14. The molecule has 0 spiro atoms. The van der Waals surface area contributed by atoms with E-state index < -0.39 is 13.5 Å². The third-order valence-electron chi connectivity index (χ3n) is 4.40. The number of hydrogen-bond donors (Lipinski definition) is 1. The molecule has 0 radical (unpaired) electrons. The number of hydrogen-bond acceptors (Lipinski definition) is 6. The Morgan fingerprint density at radius 3 is 2.37 bits per heavy atom. The van der Waals surface area contributed by atoms with Crippen molar-refractivity contribution in [3.05, 3.63) is 76.1 Å². The summed E-state index contributed by atoms with van der Waals surface area (Å²) in [4.78, 5) is 24.6. The van der Waals surface area contributed by atoms with Gasteiger partial charge in [0.2, 0.25) is 0 Å². The van der Waals surface area contributed by atoms with Gasteiger partial charge in [0.1, 0.15) is 5.58 Å². The number of carbonyl (C=O) groups excluding carboxylic acids is 1. The van der Waals surface area contributed by atoms with E-state index in [1.165, 1.54) is 6.07 Å². The van der Waals surface area contributed by atoms with Crippen molar-refractivity contribution in [2.24, 2.45) is 0 Å². The van der Waals surface area contributed by atoms with Crippen molar-refractivity contribution < 1.29 is 22.8 Å². The van der Waals surface area contributed by atoms with Gasteiger partial charge in [-0.2, -0.15) is 0 Å². The van der Waals surface area contributed by atoms with Gasteiger partial charge in [0.15, 0.2) is 11.2 Å². The second-order valence-electron chi connectivity index (χ2n) is 6.54. The number of fused-ring (bicyclic) bond motifs is 1. The number of amides is 1. The summed E-state index contributed by atoms with van der Waals surface area (Å²) in [6.07, 6.45) is 0.799. The average molecular weight is 429 g/mol. The van der Waals surface area contributed by atoms with E-state index in [0.717, 1.165) is 5.56 Å². The molecule has 0 aliphatic heterocycles. The summed E-state index contributed by atoms with van der Waals surface area (Å²) in [5.41, 5.74) is 1.58. The van der Waals surface area contributed by atoms with Gasteiger partial charge in [-0.05, 0) is 50.1 Å². The summed E-state index contributed by atoms with van der Waals surface area (Å²) >= 11 is 0. The van der Waals surface area contributed by atoms with Gasteiger partial charge in [-0.1, -0.05) is 24.3 Å². The Balaban J connectivity index is 1.66. The van der Waals surface area contributed by atoms with E-state index in [1.807, 2.05) is 12.1 Å². The Bertz CT molecular complexity index is 1110. The number of aryl methyl sites for hydroxylation is 1. The van der Waals surface area contributed by atoms with Crippen LogP contribution in [0.1, 0.15) is 30.0 Å². The van der Waals surface area contributed by atoms with Crippen LogP contribution in [-0.2, 0) is 20.0 Å². The van der Waals surface area contributed by atoms with Crippen LogP contribution >= 0.6 is 7.60 Å². The molecule has 8 heteroatoms. The van der Waals surface area contributed by atoms with E-state index in [2.05, 4.69) is 5.32 Å². The molecule has 7 nitrogen and oxygen atoms in total. The fourth-order valence-electron chi connectivity index (χ4n) is 2.99. The highest BCUT2D eigenvalue weighted by molar-refractivity contribution is 7.53. The molecule has 30 heavy (non-hydrogen) atoms. The Kier molecular flexibility index (Phi) is 7.21. The molecule has 3 aromatic rings. The second kappa shape index (κ2) is 9.85. The molecule has 0 aliphatic carbocycles. The molecule has 0 saturated carbocycles. The molecule has 1 heterocycles. The first-order valence-corrected chi connectivity index (χ1v) is 11.5. The zero-order chi connectivity index (χ0) is 21.6. The van der Waals surface area contributed by atoms with Crippen LogP contribution in [0.4, 0.5) is 5.69 Å². The largest absolute Gasteiger partial charge is 0.451 e. The molecule has 0 bridgehead atoms. The number of carbonyl (C=O) groups is 1. The molecule has 0 saturated heterocycles. The van der Waals surface area contributed by atoms with E-state index >= 15 is 0 Å². The molecule has 1 aromatic heterocycles. The molecule has 0 fully saturated rings. The van der Waals surface area contributed by atoms with Gasteiger partial charge in [-0.15, -0.1) is 0 Å². The summed E-state index contributed by atoms with van der Waals surface area (Å²) in [6.45, 7) is 4.21. The van der Waals surface area contributed by atoms with Crippen LogP contribution in [0.5, 0.6) is 0 Å². The SMILES string of the molecule is CCOP(=O)(CCc1ccc(NC(=O)c2cc(=O)c3ccccc3o2)cc1)OCC.